The van der Waals surface area contributed by atoms with E-state index in [0.717, 1.165) is 11.4 Å². The summed E-state index contributed by atoms with van der Waals surface area (Å²) >= 11 is 0. The van der Waals surface area contributed by atoms with Gasteiger partial charge in [-0.3, -0.25) is 0 Å². The van der Waals surface area contributed by atoms with E-state index in [9.17, 15) is 26.3 Å². The summed E-state index contributed by atoms with van der Waals surface area (Å²) in [5.74, 6) is 0. The van der Waals surface area contributed by atoms with Crippen molar-refractivity contribution in [2.75, 3.05) is 0 Å². The molecule has 0 atom stereocenters. The number of aromatic nitrogens is 6. The molecule has 0 aliphatic heterocycles. The van der Waals surface area contributed by atoms with Gasteiger partial charge in [0.1, 0.15) is 5.69 Å². The number of rotatable bonds is 2. The molecule has 3 heterocycles. The van der Waals surface area contributed by atoms with Crippen LogP contribution in [-0.2, 0) is 44.5 Å². The van der Waals surface area contributed by atoms with E-state index in [-0.39, 0.29) is 32.1 Å². The molecule has 206 valence electrons. The van der Waals surface area contributed by atoms with E-state index < -0.39 is 29.8 Å². The fraction of sp³-hybridized carbons (Fsp3) is 0.400. The summed E-state index contributed by atoms with van der Waals surface area (Å²) in [6.07, 6.45) is 4.62. The van der Waals surface area contributed by atoms with Gasteiger partial charge in [0.25, 0.3) is 0 Å². The van der Waals surface area contributed by atoms with Gasteiger partial charge in [0.05, 0.1) is 12.4 Å². The Bertz CT molecular complexity index is 1290. The average Bonchev–Trinajstić information content (AvgIpc) is 3.51. The maximum Gasteiger partial charge on any atom is 4.00 e. The van der Waals surface area contributed by atoms with Gasteiger partial charge in [0, 0.05) is 24.8 Å². The van der Waals surface area contributed by atoms with E-state index in [4.69, 9.17) is 1.37 Å². The van der Waals surface area contributed by atoms with Crippen molar-refractivity contribution in [2.45, 2.75) is 65.0 Å². The minimum atomic E-state index is -5.09. The van der Waals surface area contributed by atoms with E-state index in [1.165, 1.54) is 0 Å². The first-order chi connectivity index (χ1) is 17.3. The van der Waals surface area contributed by atoms with Crippen LogP contribution in [0.1, 0.15) is 54.3 Å². The van der Waals surface area contributed by atoms with E-state index in [1.807, 2.05) is 52.1 Å². The Kier molecular flexibility index (Phi) is 8.65. The molecule has 0 N–H and O–H groups in total. The zero-order chi connectivity index (χ0) is 28.7. The summed E-state index contributed by atoms with van der Waals surface area (Å²) in [5.41, 5.74) is -1.92. The third kappa shape index (κ3) is 7.82. The van der Waals surface area contributed by atoms with Crippen LogP contribution in [-0.4, -0.2) is 14.2 Å². The minimum Gasteiger partial charge on any atom is -0.571 e. The number of hydrogen-bond acceptors (Lipinski definition) is 1. The van der Waals surface area contributed by atoms with Gasteiger partial charge in [-0.2, -0.15) is 50.6 Å². The summed E-state index contributed by atoms with van der Waals surface area (Å²) in [7, 11) is 0. The predicted molar refractivity (Wildman–Crippen MR) is 120 cm³/mol. The fourth-order valence-corrected chi connectivity index (χ4v) is 2.89. The van der Waals surface area contributed by atoms with Gasteiger partial charge in [0.2, 0.25) is 12.7 Å². The van der Waals surface area contributed by atoms with Gasteiger partial charge in [-0.25, -0.2) is 0 Å². The zero-order valence-electron chi connectivity index (χ0n) is 22.3. The molecule has 0 amide bonds. The first-order valence-corrected chi connectivity index (χ1v) is 11.0. The van der Waals surface area contributed by atoms with E-state index in [2.05, 4.69) is 79.6 Å². The van der Waals surface area contributed by atoms with Crippen molar-refractivity contribution in [1.82, 2.24) is 19.3 Å². The summed E-state index contributed by atoms with van der Waals surface area (Å²) in [6, 6.07) is 7.80. The molecular formula is C25H26F6N6Pt+2. The van der Waals surface area contributed by atoms with E-state index in [0.29, 0.717) is 0 Å². The molecule has 4 aromatic rings. The third-order valence-electron chi connectivity index (χ3n) is 4.91. The number of benzene rings is 1. The molecule has 13 heteroatoms. The van der Waals surface area contributed by atoms with Crippen molar-refractivity contribution < 1.29 is 57.9 Å². The van der Waals surface area contributed by atoms with Crippen molar-refractivity contribution >= 4 is 0 Å². The molecule has 0 bridgehead atoms. The van der Waals surface area contributed by atoms with Gasteiger partial charge < -0.3 is 28.5 Å². The zero-order valence-corrected chi connectivity index (χ0v) is 23.6. The van der Waals surface area contributed by atoms with Crippen molar-refractivity contribution in [3.63, 3.8) is 0 Å². The second kappa shape index (κ2) is 11.1. The second-order valence-corrected chi connectivity index (χ2v) is 10.1. The Hall–Kier alpha value is -2.88. The van der Waals surface area contributed by atoms with Gasteiger partial charge >= 0.3 is 33.4 Å². The van der Waals surface area contributed by atoms with E-state index >= 15 is 0 Å². The number of alkyl halides is 6. The van der Waals surface area contributed by atoms with Crippen LogP contribution in [0.4, 0.5) is 26.3 Å². The third-order valence-corrected chi connectivity index (χ3v) is 4.91. The maximum atomic E-state index is 11.9. The molecule has 4 rings (SSSR count). The molecule has 0 unspecified atom stereocenters. The summed E-state index contributed by atoms with van der Waals surface area (Å²) in [5, 5.41) is 4.54. The first-order valence-electron chi connectivity index (χ1n) is 11.5. The Morgan fingerprint density at radius 3 is 1.55 bits per heavy atom. The van der Waals surface area contributed by atoms with Crippen LogP contribution in [0.2, 0.25) is 0 Å². The molecule has 0 saturated heterocycles. The quantitative estimate of drug-likeness (QED) is 0.170. The van der Waals surface area contributed by atoms with E-state index in [1.54, 1.807) is 0 Å². The number of nitrogens with zero attached hydrogens (tertiary/aromatic N) is 6. The van der Waals surface area contributed by atoms with Gasteiger partial charge in [-0.05, 0) is 53.3 Å². The monoisotopic (exact) mass is 720 g/mol. The van der Waals surface area contributed by atoms with Crippen molar-refractivity contribution in [3.05, 3.63) is 79.1 Å². The van der Waals surface area contributed by atoms with Crippen LogP contribution in [0.3, 0.4) is 0 Å². The van der Waals surface area contributed by atoms with Crippen molar-refractivity contribution in [3.8, 4) is 11.4 Å². The first kappa shape index (κ1) is 29.7. The van der Waals surface area contributed by atoms with Crippen LogP contribution >= 0.6 is 0 Å². The molecule has 6 nitrogen and oxygen atoms in total. The summed E-state index contributed by atoms with van der Waals surface area (Å²) in [6.45, 7) is 13.0. The molecule has 0 fully saturated rings. The average molecular weight is 721 g/mol. The van der Waals surface area contributed by atoms with Crippen LogP contribution in [0.15, 0.2) is 49.0 Å². The standard InChI is InChI=1S/C20H25N4.C5HF6N2.Pt/c1-19(2,3)23-12-10-21(15-23)17-8-7-9-18(14-17)22-11-13-24(16-22)20(4,5)6;6-4(7,8)2-1-3(13-12-2)5(9,10)11;/h7-13H,1-6H3;1H;/q2*-1;+4/i;1D;. The summed E-state index contributed by atoms with van der Waals surface area (Å²) < 4.78 is 85.8. The molecule has 38 heavy (non-hydrogen) atoms. The fourth-order valence-electron chi connectivity index (χ4n) is 2.89. The molecule has 0 radical (unpaired) electrons. The number of imidazole rings is 2. The van der Waals surface area contributed by atoms with Gasteiger partial charge in [0.15, 0.2) is 0 Å². The Morgan fingerprint density at radius 1 is 0.816 bits per heavy atom. The molecule has 1 aromatic carbocycles. The Labute approximate surface area is 232 Å². The normalized spacial score (nSPS) is 12.9. The topological polar surface area (TPSA) is 44.6 Å². The Balaban J connectivity index is 0.000000306. The SMILES string of the molecule is CC(C)(C)[n+]1[c-]n(-c2[c-]c(-n3[c-][n+](C(C)(C)C)cc3)ccc2)cc1.[2H]c1c(C(F)(F)F)n[n-]c1C(F)(F)F.[Pt+4]. The molecule has 0 saturated carbocycles. The smallest absolute Gasteiger partial charge is 0.571 e. The molecule has 0 spiro atoms. The second-order valence-electron chi connectivity index (χ2n) is 10.1. The minimum absolute atomic E-state index is 0. The maximum absolute atomic E-state index is 11.9. The molecule has 3 aromatic heterocycles. The molecule has 0 aliphatic carbocycles. The van der Waals surface area contributed by atoms with Gasteiger partial charge in [-0.1, -0.05) is 11.4 Å². The largest absolute Gasteiger partial charge is 4.00 e. The van der Waals surface area contributed by atoms with Crippen LogP contribution < -0.4 is 14.2 Å². The van der Waals surface area contributed by atoms with Crippen LogP contribution in [0.5, 0.6) is 0 Å². The predicted octanol–water partition coefficient (Wildman–Crippen LogP) is 4.83. The molecule has 0 aliphatic rings. The number of halogens is 6. The van der Waals surface area contributed by atoms with Crippen molar-refractivity contribution in [2.24, 2.45) is 0 Å². The van der Waals surface area contributed by atoms with Crippen LogP contribution in [0.25, 0.3) is 11.4 Å². The molecular weight excluding hydrogens is 693 g/mol. The number of hydrogen-bond donors (Lipinski definition) is 0. The Morgan fingerprint density at radius 2 is 1.26 bits per heavy atom. The van der Waals surface area contributed by atoms with Crippen LogP contribution in [0, 0.1) is 18.7 Å². The van der Waals surface area contributed by atoms with Crippen molar-refractivity contribution in [1.29, 1.82) is 0 Å². The van der Waals surface area contributed by atoms with Gasteiger partial charge in [-0.15, -0.1) is 0 Å². The summed E-state index contributed by atoms with van der Waals surface area (Å²) in [4.78, 5) is 0.